The SMILES string of the molecule is c1ccc(N(c2ccccc2)c2ccc(-n3c4cccc5oc6ccccc6c6cccc3c6c54)cc2)cc1. The molecule has 0 unspecified atom stereocenters. The van der Waals surface area contributed by atoms with E-state index in [1.807, 2.05) is 6.07 Å². The number of nitrogens with zero attached hydrogens (tertiary/aromatic N) is 2. The number of rotatable bonds is 4. The summed E-state index contributed by atoms with van der Waals surface area (Å²) >= 11 is 0. The number of anilines is 3. The van der Waals surface area contributed by atoms with Gasteiger partial charge in [-0.25, -0.2) is 0 Å². The van der Waals surface area contributed by atoms with E-state index < -0.39 is 0 Å². The predicted molar refractivity (Wildman–Crippen MR) is 163 cm³/mol. The summed E-state index contributed by atoms with van der Waals surface area (Å²) in [5.74, 6) is 0. The molecule has 0 atom stereocenters. The molecule has 0 aliphatic rings. The smallest absolute Gasteiger partial charge is 0.137 e. The number of para-hydroxylation sites is 3. The van der Waals surface area contributed by atoms with Gasteiger partial charge in [-0.1, -0.05) is 72.8 Å². The van der Waals surface area contributed by atoms with Crippen molar-refractivity contribution in [3.05, 3.63) is 146 Å². The first-order chi connectivity index (χ1) is 19.4. The van der Waals surface area contributed by atoms with Crippen LogP contribution in [0.15, 0.2) is 150 Å². The van der Waals surface area contributed by atoms with Crippen molar-refractivity contribution in [2.75, 3.05) is 4.90 Å². The van der Waals surface area contributed by atoms with Crippen LogP contribution in [0.3, 0.4) is 0 Å². The molecule has 184 valence electrons. The summed E-state index contributed by atoms with van der Waals surface area (Å²) in [5.41, 5.74) is 8.57. The molecular weight excluding hydrogens is 476 g/mol. The first-order valence-corrected chi connectivity index (χ1v) is 13.2. The Morgan fingerprint density at radius 1 is 0.410 bits per heavy atom. The second-order valence-electron chi connectivity index (χ2n) is 9.81. The van der Waals surface area contributed by atoms with E-state index in [1.165, 1.54) is 16.3 Å². The molecule has 8 aromatic rings. The number of hydrogen-bond acceptors (Lipinski definition) is 2. The standard InChI is InChI=1S/C36H24N2O/c1-3-11-25(12-4-1)37(26-13-5-2-6-14-26)27-21-23-28(24-22-27)38-31-17-9-16-30-29-15-7-8-19-33(29)39-34-20-10-18-32(38)36(34)35(30)31/h1-24H. The zero-order valence-electron chi connectivity index (χ0n) is 21.2. The Bertz CT molecular complexity index is 2060. The van der Waals surface area contributed by atoms with Crippen LogP contribution < -0.4 is 4.90 Å². The van der Waals surface area contributed by atoms with Gasteiger partial charge in [0.05, 0.1) is 16.4 Å². The molecule has 2 aromatic heterocycles. The van der Waals surface area contributed by atoms with Gasteiger partial charge < -0.3 is 13.9 Å². The lowest BCUT2D eigenvalue weighted by Gasteiger charge is -2.25. The molecule has 0 amide bonds. The van der Waals surface area contributed by atoms with Gasteiger partial charge >= 0.3 is 0 Å². The molecule has 8 rings (SSSR count). The van der Waals surface area contributed by atoms with Crippen molar-refractivity contribution in [2.24, 2.45) is 0 Å². The summed E-state index contributed by atoms with van der Waals surface area (Å²) in [7, 11) is 0. The van der Waals surface area contributed by atoms with Crippen LogP contribution in [0.2, 0.25) is 0 Å². The van der Waals surface area contributed by atoms with Crippen molar-refractivity contribution < 1.29 is 4.42 Å². The molecule has 0 spiro atoms. The summed E-state index contributed by atoms with van der Waals surface area (Å²) < 4.78 is 8.85. The highest BCUT2D eigenvalue weighted by Crippen LogP contribution is 2.41. The van der Waals surface area contributed by atoms with Crippen molar-refractivity contribution >= 4 is 60.8 Å². The second-order valence-corrected chi connectivity index (χ2v) is 9.81. The fourth-order valence-corrected chi connectivity index (χ4v) is 5.91. The molecule has 6 aromatic carbocycles. The number of hydrogen-bond donors (Lipinski definition) is 0. The Morgan fingerprint density at radius 3 is 1.67 bits per heavy atom. The summed E-state index contributed by atoms with van der Waals surface area (Å²) in [4.78, 5) is 2.29. The highest BCUT2D eigenvalue weighted by molar-refractivity contribution is 6.26. The lowest BCUT2D eigenvalue weighted by Crippen LogP contribution is -2.09. The van der Waals surface area contributed by atoms with E-state index in [4.69, 9.17) is 4.42 Å². The molecule has 0 N–H and O–H groups in total. The van der Waals surface area contributed by atoms with Crippen LogP contribution in [-0.2, 0) is 0 Å². The molecule has 2 heterocycles. The van der Waals surface area contributed by atoms with Gasteiger partial charge in [0.1, 0.15) is 11.2 Å². The number of aromatic nitrogens is 1. The van der Waals surface area contributed by atoms with E-state index in [1.54, 1.807) is 0 Å². The van der Waals surface area contributed by atoms with Crippen molar-refractivity contribution in [3.63, 3.8) is 0 Å². The third-order valence-corrected chi connectivity index (χ3v) is 7.57. The van der Waals surface area contributed by atoms with Crippen LogP contribution in [0.4, 0.5) is 17.1 Å². The second kappa shape index (κ2) is 8.64. The molecule has 0 bridgehead atoms. The van der Waals surface area contributed by atoms with Crippen LogP contribution in [-0.4, -0.2) is 4.57 Å². The third kappa shape index (κ3) is 3.37. The molecule has 3 heteroatoms. The number of fused-ring (bicyclic) bond motifs is 2. The van der Waals surface area contributed by atoms with Crippen molar-refractivity contribution in [1.82, 2.24) is 4.57 Å². The molecule has 0 saturated carbocycles. The highest BCUT2D eigenvalue weighted by Gasteiger charge is 2.19. The lowest BCUT2D eigenvalue weighted by molar-refractivity contribution is 0.664. The lowest BCUT2D eigenvalue weighted by atomic mass is 10.1. The first-order valence-electron chi connectivity index (χ1n) is 13.2. The third-order valence-electron chi connectivity index (χ3n) is 7.57. The highest BCUT2D eigenvalue weighted by atomic mass is 16.3. The number of benzene rings is 6. The predicted octanol–water partition coefficient (Wildman–Crippen LogP) is 10.2. The van der Waals surface area contributed by atoms with Gasteiger partial charge in [0.2, 0.25) is 0 Å². The maximum atomic E-state index is 6.50. The monoisotopic (exact) mass is 500 g/mol. The van der Waals surface area contributed by atoms with Crippen LogP contribution >= 0.6 is 0 Å². The zero-order valence-corrected chi connectivity index (χ0v) is 21.2. The summed E-state index contributed by atoms with van der Waals surface area (Å²) in [6.45, 7) is 0. The summed E-state index contributed by atoms with van der Waals surface area (Å²) in [6, 6.07) is 51.1. The van der Waals surface area contributed by atoms with E-state index >= 15 is 0 Å². The van der Waals surface area contributed by atoms with Gasteiger partial charge in [-0.2, -0.15) is 0 Å². The fraction of sp³-hybridized carbons (Fsp3) is 0. The van der Waals surface area contributed by atoms with E-state index in [2.05, 4.69) is 149 Å². The van der Waals surface area contributed by atoms with E-state index in [0.29, 0.717) is 0 Å². The Hall–Kier alpha value is -5.28. The zero-order chi connectivity index (χ0) is 25.8. The van der Waals surface area contributed by atoms with Crippen molar-refractivity contribution in [1.29, 1.82) is 0 Å². The maximum absolute atomic E-state index is 6.50. The van der Waals surface area contributed by atoms with Crippen molar-refractivity contribution in [3.8, 4) is 5.69 Å². The summed E-state index contributed by atoms with van der Waals surface area (Å²) in [5, 5.41) is 4.70. The normalized spacial score (nSPS) is 11.6. The molecule has 0 fully saturated rings. The topological polar surface area (TPSA) is 21.3 Å². The minimum atomic E-state index is 0.893. The van der Waals surface area contributed by atoms with Crippen molar-refractivity contribution in [2.45, 2.75) is 0 Å². The quantitative estimate of drug-likeness (QED) is 0.240. The van der Waals surface area contributed by atoms with E-state index in [0.717, 1.165) is 50.2 Å². The Morgan fingerprint density at radius 2 is 0.949 bits per heavy atom. The first kappa shape index (κ1) is 21.8. The van der Waals surface area contributed by atoms with E-state index in [9.17, 15) is 0 Å². The van der Waals surface area contributed by atoms with Crippen LogP contribution in [0.25, 0.3) is 49.4 Å². The van der Waals surface area contributed by atoms with Gasteiger partial charge in [0, 0.05) is 33.5 Å². The van der Waals surface area contributed by atoms with Gasteiger partial charge in [0.25, 0.3) is 0 Å². The summed E-state index contributed by atoms with van der Waals surface area (Å²) in [6.07, 6.45) is 0. The molecule has 0 saturated heterocycles. The van der Waals surface area contributed by atoms with Gasteiger partial charge in [-0.05, 0) is 78.2 Å². The molecular formula is C36H24N2O. The molecule has 39 heavy (non-hydrogen) atoms. The van der Waals surface area contributed by atoms with E-state index in [-0.39, 0.29) is 0 Å². The largest absolute Gasteiger partial charge is 0.456 e. The Balaban J connectivity index is 1.36. The van der Waals surface area contributed by atoms with Crippen LogP contribution in [0, 0.1) is 0 Å². The fourth-order valence-electron chi connectivity index (χ4n) is 5.91. The molecule has 0 aliphatic carbocycles. The van der Waals surface area contributed by atoms with Crippen LogP contribution in [0.5, 0.6) is 0 Å². The minimum absolute atomic E-state index is 0.893. The minimum Gasteiger partial charge on any atom is -0.456 e. The molecule has 3 nitrogen and oxygen atoms in total. The average molecular weight is 501 g/mol. The Labute approximate surface area is 225 Å². The van der Waals surface area contributed by atoms with Crippen LogP contribution in [0.1, 0.15) is 0 Å². The molecule has 0 aliphatic heterocycles. The molecule has 0 radical (unpaired) electrons. The van der Waals surface area contributed by atoms with Gasteiger partial charge in [-0.3, -0.25) is 0 Å². The maximum Gasteiger partial charge on any atom is 0.137 e. The van der Waals surface area contributed by atoms with Gasteiger partial charge in [0.15, 0.2) is 0 Å². The average Bonchev–Trinajstić information content (AvgIpc) is 3.26. The Kier molecular flexibility index (Phi) is 4.82. The van der Waals surface area contributed by atoms with Gasteiger partial charge in [-0.15, -0.1) is 0 Å².